The summed E-state index contributed by atoms with van der Waals surface area (Å²) in [5.41, 5.74) is 8.61. The van der Waals surface area contributed by atoms with Crippen molar-refractivity contribution in [3.63, 3.8) is 0 Å². The van der Waals surface area contributed by atoms with Crippen LogP contribution in [-0.4, -0.2) is 107 Å². The fraction of sp³-hybridized carbons (Fsp3) is 0.618. The molecule has 1 fully saturated rings. The first-order valence-electron chi connectivity index (χ1n) is 15.9. The predicted molar refractivity (Wildman–Crippen MR) is 173 cm³/mol. The lowest BCUT2D eigenvalue weighted by Crippen LogP contribution is -2.57. The number of fused-ring (bicyclic) bond motifs is 1. The van der Waals surface area contributed by atoms with Crippen LogP contribution in [0.2, 0.25) is 0 Å². The van der Waals surface area contributed by atoms with Gasteiger partial charge in [-0.05, 0) is 62.6 Å². The van der Waals surface area contributed by atoms with Crippen LogP contribution < -0.4 is 20.1 Å². The highest BCUT2D eigenvalue weighted by Gasteiger charge is 2.44. The minimum Gasteiger partial charge on any atom is -0.494 e. The highest BCUT2D eigenvalue weighted by Crippen LogP contribution is 2.38. The molecule has 0 spiro atoms. The zero-order valence-corrected chi connectivity index (χ0v) is 27.4. The quantitative estimate of drug-likeness (QED) is 0.256. The number of methoxy groups -OCH3 is 2. The van der Waals surface area contributed by atoms with E-state index < -0.39 is 23.9 Å². The largest absolute Gasteiger partial charge is 0.494 e. The first-order chi connectivity index (χ1) is 21.6. The Hall–Kier alpha value is -3.09. The van der Waals surface area contributed by atoms with E-state index in [-0.39, 0.29) is 25.0 Å². The predicted octanol–water partition coefficient (Wildman–Crippen LogP) is 4.51. The van der Waals surface area contributed by atoms with E-state index >= 15 is 0 Å². The van der Waals surface area contributed by atoms with Gasteiger partial charge in [-0.15, -0.1) is 0 Å². The third-order valence-electron chi connectivity index (χ3n) is 8.67. The van der Waals surface area contributed by atoms with Crippen LogP contribution in [0.5, 0.6) is 11.5 Å². The molecular weight excluding hydrogens is 578 g/mol. The Morgan fingerprint density at radius 2 is 1.76 bits per heavy atom. The second-order valence-corrected chi connectivity index (χ2v) is 12.4. The number of carboxylic acid groups (broad SMARTS) is 1. The monoisotopic (exact) mass is 629 g/mol. The molecule has 1 amide bonds. The van der Waals surface area contributed by atoms with Crippen LogP contribution in [-0.2, 0) is 25.6 Å². The van der Waals surface area contributed by atoms with Crippen LogP contribution in [0.25, 0.3) is 0 Å². The maximum absolute atomic E-state index is 12.3. The maximum atomic E-state index is 12.3. The number of carbonyl (C=O) groups is 1. The topological polar surface area (TPSA) is 125 Å². The molecule has 2 aromatic carbocycles. The van der Waals surface area contributed by atoms with Crippen LogP contribution in [0.3, 0.4) is 0 Å². The van der Waals surface area contributed by atoms with Gasteiger partial charge in [0.25, 0.3) is 0 Å². The number of amides is 1. The molecule has 2 aliphatic heterocycles. The number of anilines is 1. The van der Waals surface area contributed by atoms with Gasteiger partial charge in [0.05, 0.1) is 56.3 Å². The number of rotatable bonds is 16. The SMILES string of the molecule is COCCCOc1ccc([C@@H]2[C@@H](OCc3ccc4c(c3)N(CCCOC)CCO4)CN(C(=O)O)C[C@H]2OC(C)(C)C(C)N)cc1. The third kappa shape index (κ3) is 9.46. The number of hydrogen-bond donors (Lipinski definition) is 2. The average molecular weight is 630 g/mol. The van der Waals surface area contributed by atoms with Gasteiger partial charge in [-0.25, -0.2) is 4.79 Å². The number of nitrogens with two attached hydrogens (primary N) is 1. The number of piperidine rings is 1. The van der Waals surface area contributed by atoms with Gasteiger partial charge in [-0.1, -0.05) is 18.2 Å². The molecule has 3 N–H and O–H groups in total. The lowest BCUT2D eigenvalue weighted by molar-refractivity contribution is -0.144. The molecule has 2 heterocycles. The summed E-state index contributed by atoms with van der Waals surface area (Å²) in [5.74, 6) is 1.37. The van der Waals surface area contributed by atoms with Gasteiger partial charge >= 0.3 is 6.09 Å². The maximum Gasteiger partial charge on any atom is 0.407 e. The van der Waals surface area contributed by atoms with Gasteiger partial charge in [-0.3, -0.25) is 0 Å². The van der Waals surface area contributed by atoms with Gasteiger partial charge in [0.15, 0.2) is 0 Å². The number of hydrogen-bond acceptors (Lipinski definition) is 9. The Labute approximate surface area is 267 Å². The Bertz CT molecular complexity index is 1210. The fourth-order valence-corrected chi connectivity index (χ4v) is 5.75. The summed E-state index contributed by atoms with van der Waals surface area (Å²) in [6.07, 6.45) is -0.248. The smallest absolute Gasteiger partial charge is 0.407 e. The van der Waals surface area contributed by atoms with E-state index in [1.54, 1.807) is 14.2 Å². The normalized spacial score (nSPS) is 20.8. The molecule has 4 rings (SSSR count). The standard InChI is InChI=1S/C34H51N3O8/c1-24(35)34(2,3)45-31-22-37(33(38)39)21-30(32(31)26-9-11-27(12-10-26)42-18-7-17-41-5)44-23-25-8-13-29-28(20-25)36(15-19-43-29)14-6-16-40-4/h8-13,20,24,30-32H,6-7,14-19,21-23,35H2,1-5H3,(H,38,39)/t24?,30-,31+,32+/m0/s1. The fourth-order valence-electron chi connectivity index (χ4n) is 5.75. The van der Waals surface area contributed by atoms with Crippen LogP contribution in [0.4, 0.5) is 10.5 Å². The van der Waals surface area contributed by atoms with E-state index in [0.717, 1.165) is 54.2 Å². The molecule has 45 heavy (non-hydrogen) atoms. The second-order valence-electron chi connectivity index (χ2n) is 12.4. The summed E-state index contributed by atoms with van der Waals surface area (Å²) >= 11 is 0. The van der Waals surface area contributed by atoms with E-state index in [4.69, 9.17) is 34.2 Å². The number of nitrogens with zero attached hydrogens (tertiary/aromatic N) is 2. The molecule has 0 aromatic heterocycles. The van der Waals surface area contributed by atoms with Crippen molar-refractivity contribution in [1.82, 2.24) is 4.90 Å². The van der Waals surface area contributed by atoms with Crippen molar-refractivity contribution < 1.29 is 38.3 Å². The van der Waals surface area contributed by atoms with E-state index in [2.05, 4.69) is 11.0 Å². The second kappa shape index (κ2) is 16.5. The highest BCUT2D eigenvalue weighted by molar-refractivity contribution is 5.65. The zero-order valence-electron chi connectivity index (χ0n) is 27.4. The molecule has 2 aromatic rings. The minimum atomic E-state index is -1.01. The molecular formula is C34H51N3O8. The summed E-state index contributed by atoms with van der Waals surface area (Å²) in [4.78, 5) is 16.0. The van der Waals surface area contributed by atoms with E-state index in [0.29, 0.717) is 33.0 Å². The van der Waals surface area contributed by atoms with Gasteiger partial charge < -0.3 is 49.1 Å². The summed E-state index contributed by atoms with van der Waals surface area (Å²) in [6, 6.07) is 13.8. The Morgan fingerprint density at radius 1 is 1.04 bits per heavy atom. The van der Waals surface area contributed by atoms with E-state index in [1.807, 2.05) is 57.2 Å². The van der Waals surface area contributed by atoms with Crippen molar-refractivity contribution in [3.8, 4) is 11.5 Å². The lowest BCUT2D eigenvalue weighted by atomic mass is 9.83. The summed E-state index contributed by atoms with van der Waals surface area (Å²) < 4.78 is 35.4. The van der Waals surface area contributed by atoms with Gasteiger partial charge in [0, 0.05) is 52.4 Å². The van der Waals surface area contributed by atoms with Crippen molar-refractivity contribution in [3.05, 3.63) is 53.6 Å². The van der Waals surface area contributed by atoms with Crippen molar-refractivity contribution in [2.45, 2.75) is 70.0 Å². The number of ether oxygens (including phenoxy) is 6. The molecule has 0 radical (unpaired) electrons. The zero-order chi connectivity index (χ0) is 32.4. The van der Waals surface area contributed by atoms with Crippen molar-refractivity contribution in [1.29, 1.82) is 0 Å². The number of likely N-dealkylation sites (tertiary alicyclic amines) is 1. The summed E-state index contributed by atoms with van der Waals surface area (Å²) in [6.45, 7) is 10.7. The highest BCUT2D eigenvalue weighted by atomic mass is 16.5. The molecule has 250 valence electrons. The number of benzene rings is 2. The first-order valence-corrected chi connectivity index (χ1v) is 15.9. The van der Waals surface area contributed by atoms with Crippen molar-refractivity contribution in [2.75, 3.05) is 71.7 Å². The Morgan fingerprint density at radius 3 is 2.44 bits per heavy atom. The van der Waals surface area contributed by atoms with Gasteiger partial charge in [-0.2, -0.15) is 0 Å². The first kappa shape index (κ1) is 34.8. The van der Waals surface area contributed by atoms with Crippen LogP contribution >= 0.6 is 0 Å². The van der Waals surface area contributed by atoms with Gasteiger partial charge in [0.1, 0.15) is 18.1 Å². The molecule has 1 unspecified atom stereocenters. The molecule has 2 aliphatic rings. The summed E-state index contributed by atoms with van der Waals surface area (Å²) in [5, 5.41) is 10.1. The van der Waals surface area contributed by atoms with E-state index in [9.17, 15) is 9.90 Å². The minimum absolute atomic E-state index is 0.206. The molecule has 0 bridgehead atoms. The molecule has 0 saturated carbocycles. The van der Waals surface area contributed by atoms with Crippen molar-refractivity contribution >= 4 is 11.8 Å². The Balaban J connectivity index is 1.58. The summed E-state index contributed by atoms with van der Waals surface area (Å²) in [7, 11) is 3.39. The third-order valence-corrected chi connectivity index (χ3v) is 8.67. The molecule has 11 heteroatoms. The van der Waals surface area contributed by atoms with E-state index in [1.165, 1.54) is 4.90 Å². The molecule has 4 atom stereocenters. The van der Waals surface area contributed by atoms with Gasteiger partial charge in [0.2, 0.25) is 0 Å². The van der Waals surface area contributed by atoms with Crippen LogP contribution in [0.15, 0.2) is 42.5 Å². The molecule has 0 aliphatic carbocycles. The average Bonchev–Trinajstić information content (AvgIpc) is 3.02. The lowest BCUT2D eigenvalue weighted by Gasteiger charge is -2.46. The molecule has 11 nitrogen and oxygen atoms in total. The van der Waals surface area contributed by atoms with Crippen molar-refractivity contribution in [2.24, 2.45) is 5.73 Å². The Kier molecular flexibility index (Phi) is 12.7. The molecule has 1 saturated heterocycles. The van der Waals surface area contributed by atoms with Crippen LogP contribution in [0.1, 0.15) is 50.7 Å². The van der Waals surface area contributed by atoms with Crippen LogP contribution in [0, 0.1) is 0 Å².